The average molecular weight is 306 g/mol. The predicted molar refractivity (Wildman–Crippen MR) is 77.5 cm³/mol. The quantitative estimate of drug-likeness (QED) is 0.828. The summed E-state index contributed by atoms with van der Waals surface area (Å²) in [4.78, 5) is 27.9. The molecule has 2 atom stereocenters. The zero-order valence-corrected chi connectivity index (χ0v) is 12.5. The van der Waals surface area contributed by atoms with Crippen molar-refractivity contribution in [2.45, 2.75) is 25.0 Å². The second kappa shape index (κ2) is 6.04. The largest absolute Gasteiger partial charge is 0.356 e. The molecule has 0 bridgehead atoms. The average Bonchev–Trinajstić information content (AvgIpc) is 3.05. The number of likely N-dealkylation sites (N-methyl/N-ethyl adjacent to an activating group) is 1. The van der Waals surface area contributed by atoms with E-state index in [2.05, 4.69) is 0 Å². The summed E-state index contributed by atoms with van der Waals surface area (Å²) < 4.78 is 18.7. The van der Waals surface area contributed by atoms with Crippen LogP contribution in [-0.4, -0.2) is 54.5 Å². The minimum Gasteiger partial charge on any atom is -0.356 e. The second-order valence-electron chi connectivity index (χ2n) is 5.77. The number of halogens is 1. The Kier molecular flexibility index (Phi) is 4.11. The van der Waals surface area contributed by atoms with Crippen LogP contribution in [-0.2, 0) is 14.3 Å². The fraction of sp³-hybridized carbons (Fsp3) is 0.500. The van der Waals surface area contributed by atoms with Crippen molar-refractivity contribution >= 4 is 11.8 Å². The molecule has 0 aromatic heterocycles. The SMILES string of the molecule is CN1C(=O)CO[C@@H](C(=O)N2CCCC2)[C@H]1c1ccc(F)cc1. The molecule has 118 valence electrons. The summed E-state index contributed by atoms with van der Waals surface area (Å²) in [6, 6.07) is 5.35. The summed E-state index contributed by atoms with van der Waals surface area (Å²) in [5, 5.41) is 0. The number of carbonyl (C=O) groups is 2. The third-order valence-corrected chi connectivity index (χ3v) is 4.36. The van der Waals surface area contributed by atoms with Crippen molar-refractivity contribution in [3.63, 3.8) is 0 Å². The van der Waals surface area contributed by atoms with Gasteiger partial charge in [-0.25, -0.2) is 4.39 Å². The lowest BCUT2D eigenvalue weighted by molar-refractivity contribution is -0.166. The molecule has 0 aliphatic carbocycles. The molecule has 1 aromatic carbocycles. The predicted octanol–water partition coefficient (Wildman–Crippen LogP) is 1.35. The van der Waals surface area contributed by atoms with Crippen LogP contribution >= 0.6 is 0 Å². The topological polar surface area (TPSA) is 49.9 Å². The number of benzene rings is 1. The number of carbonyl (C=O) groups excluding carboxylic acids is 2. The van der Waals surface area contributed by atoms with Gasteiger partial charge in [-0.05, 0) is 30.5 Å². The van der Waals surface area contributed by atoms with Crippen LogP contribution in [0.3, 0.4) is 0 Å². The van der Waals surface area contributed by atoms with Crippen molar-refractivity contribution in [3.8, 4) is 0 Å². The molecule has 6 heteroatoms. The highest BCUT2D eigenvalue weighted by Gasteiger charge is 2.42. The maximum Gasteiger partial charge on any atom is 0.254 e. The smallest absolute Gasteiger partial charge is 0.254 e. The molecule has 0 saturated carbocycles. The minimum atomic E-state index is -0.730. The molecule has 0 N–H and O–H groups in total. The Labute approximate surface area is 128 Å². The highest BCUT2D eigenvalue weighted by atomic mass is 19.1. The number of hydrogen-bond acceptors (Lipinski definition) is 3. The van der Waals surface area contributed by atoms with E-state index < -0.39 is 12.1 Å². The maximum absolute atomic E-state index is 13.1. The number of ether oxygens (including phenoxy) is 1. The van der Waals surface area contributed by atoms with E-state index in [0.29, 0.717) is 5.56 Å². The van der Waals surface area contributed by atoms with Gasteiger partial charge in [-0.3, -0.25) is 9.59 Å². The van der Waals surface area contributed by atoms with E-state index in [4.69, 9.17) is 4.74 Å². The molecule has 3 rings (SSSR count). The first-order valence-electron chi connectivity index (χ1n) is 7.49. The molecule has 5 nitrogen and oxygen atoms in total. The van der Waals surface area contributed by atoms with Crippen LogP contribution in [0.4, 0.5) is 4.39 Å². The van der Waals surface area contributed by atoms with Crippen LogP contribution in [0.5, 0.6) is 0 Å². The van der Waals surface area contributed by atoms with Gasteiger partial charge in [0.1, 0.15) is 12.4 Å². The Morgan fingerprint density at radius 3 is 2.50 bits per heavy atom. The first-order chi connectivity index (χ1) is 10.6. The Morgan fingerprint density at radius 1 is 1.23 bits per heavy atom. The zero-order valence-electron chi connectivity index (χ0n) is 12.5. The molecule has 0 radical (unpaired) electrons. The van der Waals surface area contributed by atoms with Crippen molar-refractivity contribution < 1.29 is 18.7 Å². The van der Waals surface area contributed by atoms with Crippen LogP contribution in [0, 0.1) is 5.82 Å². The fourth-order valence-corrected chi connectivity index (χ4v) is 3.09. The first-order valence-corrected chi connectivity index (χ1v) is 7.49. The summed E-state index contributed by atoms with van der Waals surface area (Å²) in [5.41, 5.74) is 0.703. The lowest BCUT2D eigenvalue weighted by Gasteiger charge is -2.39. The lowest BCUT2D eigenvalue weighted by Crippen LogP contribution is -2.53. The Bertz CT molecular complexity index is 569. The van der Waals surface area contributed by atoms with Crippen molar-refractivity contribution in [2.24, 2.45) is 0 Å². The van der Waals surface area contributed by atoms with Gasteiger partial charge in [0.05, 0.1) is 6.04 Å². The summed E-state index contributed by atoms with van der Waals surface area (Å²) in [5.74, 6) is -0.622. The number of morpholine rings is 1. The third kappa shape index (κ3) is 2.70. The third-order valence-electron chi connectivity index (χ3n) is 4.36. The molecule has 0 unspecified atom stereocenters. The first kappa shape index (κ1) is 15.0. The summed E-state index contributed by atoms with van der Waals surface area (Å²) in [7, 11) is 1.66. The van der Waals surface area contributed by atoms with E-state index in [9.17, 15) is 14.0 Å². The van der Waals surface area contributed by atoms with E-state index in [0.717, 1.165) is 25.9 Å². The van der Waals surface area contributed by atoms with Crippen molar-refractivity contribution in [3.05, 3.63) is 35.6 Å². The molecule has 2 aliphatic heterocycles. The van der Waals surface area contributed by atoms with Gasteiger partial charge in [0.2, 0.25) is 5.91 Å². The molecule has 2 heterocycles. The second-order valence-corrected chi connectivity index (χ2v) is 5.77. The van der Waals surface area contributed by atoms with Crippen LogP contribution in [0.1, 0.15) is 24.4 Å². The molecule has 2 fully saturated rings. The zero-order chi connectivity index (χ0) is 15.7. The Morgan fingerprint density at radius 2 is 1.86 bits per heavy atom. The number of rotatable bonds is 2. The van der Waals surface area contributed by atoms with Gasteiger partial charge in [-0.2, -0.15) is 0 Å². The van der Waals surface area contributed by atoms with E-state index in [1.165, 1.54) is 17.0 Å². The van der Waals surface area contributed by atoms with Gasteiger partial charge in [-0.1, -0.05) is 12.1 Å². The van der Waals surface area contributed by atoms with Crippen LogP contribution in [0.2, 0.25) is 0 Å². The highest BCUT2D eigenvalue weighted by molar-refractivity contribution is 5.86. The van der Waals surface area contributed by atoms with Gasteiger partial charge in [0, 0.05) is 20.1 Å². The normalized spacial score (nSPS) is 25.6. The number of nitrogens with zero attached hydrogens (tertiary/aromatic N) is 2. The monoisotopic (exact) mass is 306 g/mol. The highest BCUT2D eigenvalue weighted by Crippen LogP contribution is 2.31. The molecule has 2 amide bonds. The Hall–Kier alpha value is -1.95. The van der Waals surface area contributed by atoms with Crippen LogP contribution in [0.15, 0.2) is 24.3 Å². The minimum absolute atomic E-state index is 0.0915. The van der Waals surface area contributed by atoms with Crippen molar-refractivity contribution in [1.82, 2.24) is 9.80 Å². The summed E-state index contributed by atoms with van der Waals surface area (Å²) >= 11 is 0. The van der Waals surface area contributed by atoms with Gasteiger partial charge in [0.25, 0.3) is 5.91 Å². The Balaban J connectivity index is 1.90. The molecule has 1 aromatic rings. The molecule has 0 spiro atoms. The standard InChI is InChI=1S/C16H19FN2O3/c1-18-13(20)10-22-15(16(21)19-8-2-3-9-19)14(18)11-4-6-12(17)7-5-11/h4-7,14-15H,2-3,8-10H2,1H3/t14-,15-/m1/s1. The van der Waals surface area contributed by atoms with Gasteiger partial charge in [0.15, 0.2) is 6.10 Å². The lowest BCUT2D eigenvalue weighted by atomic mass is 9.97. The molecule has 2 saturated heterocycles. The van der Waals surface area contributed by atoms with Crippen molar-refractivity contribution in [2.75, 3.05) is 26.7 Å². The molecular weight excluding hydrogens is 287 g/mol. The van der Waals surface area contributed by atoms with E-state index in [1.54, 1.807) is 24.1 Å². The van der Waals surface area contributed by atoms with Gasteiger partial charge in [-0.15, -0.1) is 0 Å². The maximum atomic E-state index is 13.1. The van der Waals surface area contributed by atoms with Crippen LogP contribution in [0.25, 0.3) is 0 Å². The van der Waals surface area contributed by atoms with E-state index in [-0.39, 0.29) is 24.2 Å². The number of amides is 2. The van der Waals surface area contributed by atoms with E-state index in [1.807, 2.05) is 0 Å². The summed E-state index contributed by atoms with van der Waals surface area (Å²) in [6.45, 7) is 1.36. The molecular formula is C16H19FN2O3. The van der Waals surface area contributed by atoms with Crippen molar-refractivity contribution in [1.29, 1.82) is 0 Å². The van der Waals surface area contributed by atoms with Crippen LogP contribution < -0.4 is 0 Å². The number of hydrogen-bond donors (Lipinski definition) is 0. The number of likely N-dealkylation sites (tertiary alicyclic amines) is 1. The fourth-order valence-electron chi connectivity index (χ4n) is 3.09. The molecule has 2 aliphatic rings. The summed E-state index contributed by atoms with van der Waals surface area (Å²) in [6.07, 6.45) is 1.26. The van der Waals surface area contributed by atoms with E-state index >= 15 is 0 Å². The molecule has 22 heavy (non-hydrogen) atoms. The van der Waals surface area contributed by atoms with Gasteiger partial charge >= 0.3 is 0 Å². The van der Waals surface area contributed by atoms with Gasteiger partial charge < -0.3 is 14.5 Å².